The molecule has 6 heteroatoms. The quantitative estimate of drug-likeness (QED) is 0.784. The van der Waals surface area contributed by atoms with Crippen molar-refractivity contribution >= 4 is 18.9 Å². The fourth-order valence-electron chi connectivity index (χ4n) is 1.35. The predicted molar refractivity (Wildman–Crippen MR) is 63.6 cm³/mol. The van der Waals surface area contributed by atoms with E-state index in [-0.39, 0.29) is 18.3 Å². The summed E-state index contributed by atoms with van der Waals surface area (Å²) in [6.45, 7) is 3.23. The van der Waals surface area contributed by atoms with Gasteiger partial charge in [0.25, 0.3) is 0 Å². The van der Waals surface area contributed by atoms with Gasteiger partial charge in [0.05, 0.1) is 18.3 Å². The zero-order chi connectivity index (χ0) is 13.1. The molecule has 0 aromatic heterocycles. The first kappa shape index (κ1) is 13.9. The van der Waals surface area contributed by atoms with E-state index in [9.17, 15) is 14.3 Å². The van der Waals surface area contributed by atoms with Crippen LogP contribution in [0, 0.1) is 13.8 Å². The van der Waals surface area contributed by atoms with Crippen molar-refractivity contribution in [3.63, 3.8) is 0 Å². The fourth-order valence-corrected chi connectivity index (χ4v) is 2.71. The molecular formula is C11H15O5P. The summed E-state index contributed by atoms with van der Waals surface area (Å²) in [7, 11) is -3.93. The molecule has 5 nitrogen and oxygen atoms in total. The molecule has 0 spiro atoms. The molecule has 1 rings (SSSR count). The summed E-state index contributed by atoms with van der Waals surface area (Å²) >= 11 is 0. The minimum absolute atomic E-state index is 0.225. The topological polar surface area (TPSA) is 83.8 Å². The van der Waals surface area contributed by atoms with E-state index in [0.29, 0.717) is 5.56 Å². The average molecular weight is 258 g/mol. The molecule has 0 aliphatic heterocycles. The van der Waals surface area contributed by atoms with Gasteiger partial charge >= 0.3 is 13.6 Å². The van der Waals surface area contributed by atoms with Gasteiger partial charge in [0.15, 0.2) is 0 Å². The summed E-state index contributed by atoms with van der Waals surface area (Å²) in [5.41, 5.74) is 1.50. The van der Waals surface area contributed by atoms with Crippen LogP contribution in [-0.4, -0.2) is 22.6 Å². The summed E-state index contributed by atoms with van der Waals surface area (Å²) in [4.78, 5) is 20.0. The smallest absolute Gasteiger partial charge is 0.359 e. The highest BCUT2D eigenvalue weighted by atomic mass is 31.2. The molecule has 94 valence electrons. The lowest BCUT2D eigenvalue weighted by Gasteiger charge is -2.14. The molecule has 2 N–H and O–H groups in total. The third kappa shape index (κ3) is 3.97. The zero-order valence-corrected chi connectivity index (χ0v) is 10.6. The lowest BCUT2D eigenvalue weighted by Crippen LogP contribution is -2.13. The lowest BCUT2D eigenvalue weighted by molar-refractivity contribution is -0.137. The van der Waals surface area contributed by atoms with E-state index in [0.717, 1.165) is 5.56 Å². The maximum atomic E-state index is 11.9. The van der Waals surface area contributed by atoms with Crippen molar-refractivity contribution in [2.75, 3.05) is 6.61 Å². The van der Waals surface area contributed by atoms with Gasteiger partial charge in [0.1, 0.15) is 0 Å². The first-order valence-corrected chi connectivity index (χ1v) is 6.67. The Hall–Kier alpha value is -1.16. The highest BCUT2D eigenvalue weighted by Crippen LogP contribution is 2.41. The van der Waals surface area contributed by atoms with Gasteiger partial charge in [-0.05, 0) is 25.5 Å². The van der Waals surface area contributed by atoms with E-state index < -0.39 is 13.6 Å². The minimum atomic E-state index is -3.93. The number of carboxylic acid groups (broad SMARTS) is 1. The summed E-state index contributed by atoms with van der Waals surface area (Å²) in [5.74, 6) is -1.06. The third-order valence-electron chi connectivity index (χ3n) is 2.25. The number of rotatable bonds is 5. The van der Waals surface area contributed by atoms with E-state index in [2.05, 4.69) is 0 Å². The Balaban J connectivity index is 2.85. The zero-order valence-electron chi connectivity index (χ0n) is 9.71. The molecule has 0 aliphatic rings. The molecule has 0 saturated carbocycles. The first-order chi connectivity index (χ1) is 7.83. The highest BCUT2D eigenvalue weighted by molar-refractivity contribution is 7.61. The summed E-state index contributed by atoms with van der Waals surface area (Å²) < 4.78 is 16.7. The van der Waals surface area contributed by atoms with E-state index in [1.807, 2.05) is 6.07 Å². The van der Waals surface area contributed by atoms with Crippen molar-refractivity contribution in [2.45, 2.75) is 20.3 Å². The molecule has 1 atom stereocenters. The van der Waals surface area contributed by atoms with E-state index >= 15 is 0 Å². The van der Waals surface area contributed by atoms with Crippen molar-refractivity contribution in [2.24, 2.45) is 0 Å². The van der Waals surface area contributed by atoms with Crippen LogP contribution in [-0.2, 0) is 13.9 Å². The lowest BCUT2D eigenvalue weighted by atomic mass is 10.2. The molecule has 0 heterocycles. The van der Waals surface area contributed by atoms with Crippen LogP contribution in [0.1, 0.15) is 17.5 Å². The molecule has 1 aromatic rings. The summed E-state index contributed by atoms with van der Waals surface area (Å²) in [6.07, 6.45) is -0.296. The van der Waals surface area contributed by atoms with Crippen molar-refractivity contribution < 1.29 is 23.9 Å². The molecule has 17 heavy (non-hydrogen) atoms. The van der Waals surface area contributed by atoms with E-state index in [1.165, 1.54) is 0 Å². The second-order valence-corrected chi connectivity index (χ2v) is 5.57. The molecule has 1 unspecified atom stereocenters. The van der Waals surface area contributed by atoms with Crippen LogP contribution in [0.2, 0.25) is 0 Å². The van der Waals surface area contributed by atoms with Crippen LogP contribution in [0.5, 0.6) is 0 Å². The van der Waals surface area contributed by atoms with Gasteiger partial charge in [-0.15, -0.1) is 0 Å². The largest absolute Gasteiger partial charge is 0.481 e. The number of hydrogen-bond acceptors (Lipinski definition) is 3. The van der Waals surface area contributed by atoms with Gasteiger partial charge in [-0.2, -0.15) is 0 Å². The van der Waals surface area contributed by atoms with Gasteiger partial charge in [-0.25, -0.2) is 0 Å². The number of aryl methyl sites for hydroxylation is 2. The van der Waals surface area contributed by atoms with Gasteiger partial charge in [-0.3, -0.25) is 9.36 Å². The Bertz CT molecular complexity index is 469. The number of carboxylic acids is 1. The van der Waals surface area contributed by atoms with Crippen LogP contribution in [0.15, 0.2) is 18.2 Å². The van der Waals surface area contributed by atoms with Crippen molar-refractivity contribution in [1.82, 2.24) is 0 Å². The standard InChI is InChI=1S/C11H15O5P/c1-8-3-4-9(2)10(7-8)17(14,15)16-6-5-11(12)13/h3-4,7H,5-6H2,1-2H3,(H,12,13)(H,14,15). The minimum Gasteiger partial charge on any atom is -0.481 e. The van der Waals surface area contributed by atoms with Crippen LogP contribution >= 0.6 is 7.60 Å². The Morgan fingerprint density at radius 3 is 2.65 bits per heavy atom. The van der Waals surface area contributed by atoms with Gasteiger partial charge < -0.3 is 14.5 Å². The average Bonchev–Trinajstić information content (AvgIpc) is 2.20. The second kappa shape index (κ2) is 5.45. The van der Waals surface area contributed by atoms with Gasteiger partial charge in [0.2, 0.25) is 0 Å². The maximum absolute atomic E-state index is 11.9. The van der Waals surface area contributed by atoms with Crippen LogP contribution in [0.4, 0.5) is 0 Å². The van der Waals surface area contributed by atoms with Crippen LogP contribution < -0.4 is 5.30 Å². The number of aliphatic carboxylic acids is 1. The van der Waals surface area contributed by atoms with Crippen LogP contribution in [0.3, 0.4) is 0 Å². The molecule has 1 aromatic carbocycles. The van der Waals surface area contributed by atoms with E-state index in [1.54, 1.807) is 26.0 Å². The summed E-state index contributed by atoms with van der Waals surface area (Å²) in [5, 5.41) is 8.65. The van der Waals surface area contributed by atoms with Gasteiger partial charge in [-0.1, -0.05) is 17.7 Å². The Morgan fingerprint density at radius 2 is 2.06 bits per heavy atom. The normalized spacial score (nSPS) is 14.3. The van der Waals surface area contributed by atoms with Gasteiger partial charge in [0, 0.05) is 0 Å². The molecular weight excluding hydrogens is 243 g/mol. The molecule has 0 radical (unpaired) electrons. The molecule has 0 saturated heterocycles. The molecule has 0 fully saturated rings. The second-order valence-electron chi connectivity index (χ2n) is 3.79. The Morgan fingerprint density at radius 1 is 1.41 bits per heavy atom. The number of benzene rings is 1. The van der Waals surface area contributed by atoms with E-state index in [4.69, 9.17) is 9.63 Å². The molecule has 0 aliphatic carbocycles. The third-order valence-corrected chi connectivity index (χ3v) is 3.87. The SMILES string of the molecule is Cc1ccc(C)c(P(=O)(O)OCCC(=O)O)c1. The Labute approximate surface area is 99.6 Å². The fraction of sp³-hybridized carbons (Fsp3) is 0.364. The summed E-state index contributed by atoms with van der Waals surface area (Å²) in [6, 6.07) is 5.14. The van der Waals surface area contributed by atoms with Crippen molar-refractivity contribution in [3.05, 3.63) is 29.3 Å². The molecule has 0 amide bonds. The number of hydrogen-bond donors (Lipinski definition) is 2. The van der Waals surface area contributed by atoms with Crippen molar-refractivity contribution in [3.8, 4) is 0 Å². The highest BCUT2D eigenvalue weighted by Gasteiger charge is 2.25. The van der Waals surface area contributed by atoms with Crippen LogP contribution in [0.25, 0.3) is 0 Å². The monoisotopic (exact) mass is 258 g/mol. The first-order valence-electron chi connectivity index (χ1n) is 5.10. The Kier molecular flexibility index (Phi) is 4.46. The predicted octanol–water partition coefficient (Wildman–Crippen LogP) is 1.61. The maximum Gasteiger partial charge on any atom is 0.359 e. The van der Waals surface area contributed by atoms with Crippen molar-refractivity contribution in [1.29, 1.82) is 0 Å². The number of carbonyl (C=O) groups is 1. The molecule has 0 bridgehead atoms.